The molecule has 3 N–H and O–H groups in total. The molecule has 0 saturated carbocycles. The molecular weight excluding hydrogens is 248 g/mol. The summed E-state index contributed by atoms with van der Waals surface area (Å²) >= 11 is 0. The van der Waals surface area contributed by atoms with E-state index in [0.717, 1.165) is 32.5 Å². The Labute approximate surface area is 112 Å². The Balaban J connectivity index is 1.82. The smallest absolute Gasteiger partial charge is 0.287 e. The number of nitrogens with zero attached hydrogens (tertiary/aromatic N) is 2. The summed E-state index contributed by atoms with van der Waals surface area (Å²) in [5, 5.41) is 3.68. The lowest BCUT2D eigenvalue weighted by Gasteiger charge is -2.30. The molecular formula is C12H20N4O3. The van der Waals surface area contributed by atoms with Crippen LogP contribution in [-0.2, 0) is 11.3 Å². The average Bonchev–Trinajstić information content (AvgIpc) is 2.89. The minimum absolute atomic E-state index is 0.215. The topological polar surface area (TPSA) is 93.6 Å². The van der Waals surface area contributed by atoms with Gasteiger partial charge in [-0.1, -0.05) is 5.16 Å². The Morgan fingerprint density at radius 3 is 3.00 bits per heavy atom. The van der Waals surface area contributed by atoms with Crippen LogP contribution in [0.25, 0.3) is 0 Å². The van der Waals surface area contributed by atoms with Crippen LogP contribution in [0.1, 0.15) is 29.1 Å². The molecule has 1 aromatic rings. The van der Waals surface area contributed by atoms with Gasteiger partial charge in [-0.2, -0.15) is 0 Å². The second-order valence-corrected chi connectivity index (χ2v) is 4.83. The van der Waals surface area contributed by atoms with Gasteiger partial charge in [0.15, 0.2) is 11.5 Å². The fourth-order valence-corrected chi connectivity index (χ4v) is 2.34. The largest absolute Gasteiger partial charge is 0.384 e. The summed E-state index contributed by atoms with van der Waals surface area (Å²) in [4.78, 5) is 13.5. The van der Waals surface area contributed by atoms with Crippen molar-refractivity contribution in [3.8, 4) is 0 Å². The third-order valence-electron chi connectivity index (χ3n) is 3.41. The van der Waals surface area contributed by atoms with E-state index < -0.39 is 5.91 Å². The first-order chi connectivity index (χ1) is 9.22. The van der Waals surface area contributed by atoms with Crippen molar-refractivity contribution in [1.82, 2.24) is 15.5 Å². The van der Waals surface area contributed by atoms with Crippen molar-refractivity contribution in [1.29, 1.82) is 0 Å². The lowest BCUT2D eigenvalue weighted by molar-refractivity contribution is 0.0924. The summed E-state index contributed by atoms with van der Waals surface area (Å²) in [5.74, 6) is 5.93. The molecule has 1 aromatic heterocycles. The molecule has 1 fully saturated rings. The van der Waals surface area contributed by atoms with E-state index in [1.54, 1.807) is 13.2 Å². The van der Waals surface area contributed by atoms with E-state index in [1.807, 2.05) is 5.43 Å². The van der Waals surface area contributed by atoms with Crippen LogP contribution >= 0.6 is 0 Å². The summed E-state index contributed by atoms with van der Waals surface area (Å²) in [5.41, 5.74) is 2.24. The molecule has 0 unspecified atom stereocenters. The molecule has 7 nitrogen and oxygen atoms in total. The molecule has 1 amide bonds. The van der Waals surface area contributed by atoms with Gasteiger partial charge >= 0.3 is 0 Å². The van der Waals surface area contributed by atoms with Gasteiger partial charge in [0.05, 0.1) is 6.54 Å². The Kier molecular flexibility index (Phi) is 4.89. The molecule has 1 saturated heterocycles. The van der Waals surface area contributed by atoms with Crippen LogP contribution in [0, 0.1) is 5.92 Å². The zero-order valence-corrected chi connectivity index (χ0v) is 11.1. The van der Waals surface area contributed by atoms with E-state index in [9.17, 15) is 4.79 Å². The number of nitrogens with one attached hydrogen (secondary N) is 1. The zero-order valence-electron chi connectivity index (χ0n) is 11.1. The standard InChI is InChI=1S/C12H20N4O3/c1-18-8-9-2-4-16(5-3-9)7-10-6-11(15-19-10)12(17)14-13/h6,9H,2-5,7-8,13H2,1H3,(H,14,17). The number of hydrogen-bond donors (Lipinski definition) is 2. The number of hydrazine groups is 1. The molecule has 7 heteroatoms. The van der Waals surface area contributed by atoms with Crippen molar-refractivity contribution in [3.05, 3.63) is 17.5 Å². The van der Waals surface area contributed by atoms with Crippen LogP contribution in [0.3, 0.4) is 0 Å². The van der Waals surface area contributed by atoms with Crippen molar-refractivity contribution in [2.45, 2.75) is 19.4 Å². The van der Waals surface area contributed by atoms with Gasteiger partial charge in [0.1, 0.15) is 0 Å². The highest BCUT2D eigenvalue weighted by Crippen LogP contribution is 2.19. The van der Waals surface area contributed by atoms with Crippen LogP contribution < -0.4 is 11.3 Å². The number of nitrogen functional groups attached to an aromatic ring is 1. The third-order valence-corrected chi connectivity index (χ3v) is 3.41. The van der Waals surface area contributed by atoms with Gasteiger partial charge in [0, 0.05) is 19.8 Å². The number of carbonyl (C=O) groups is 1. The van der Waals surface area contributed by atoms with E-state index in [-0.39, 0.29) is 5.69 Å². The lowest BCUT2D eigenvalue weighted by atomic mass is 9.98. The Morgan fingerprint density at radius 2 is 2.37 bits per heavy atom. The fraction of sp³-hybridized carbons (Fsp3) is 0.667. The summed E-state index contributed by atoms with van der Waals surface area (Å²) in [6.07, 6.45) is 2.25. The van der Waals surface area contributed by atoms with E-state index in [2.05, 4.69) is 10.1 Å². The maximum atomic E-state index is 11.2. The van der Waals surface area contributed by atoms with Crippen molar-refractivity contribution in [3.63, 3.8) is 0 Å². The summed E-state index contributed by atoms with van der Waals surface area (Å²) in [6, 6.07) is 1.63. The maximum absolute atomic E-state index is 11.2. The molecule has 2 heterocycles. The SMILES string of the molecule is COCC1CCN(Cc2cc(C(=O)NN)no2)CC1. The molecule has 2 rings (SSSR count). The average molecular weight is 268 g/mol. The molecule has 1 aliphatic heterocycles. The molecule has 106 valence electrons. The molecule has 19 heavy (non-hydrogen) atoms. The minimum Gasteiger partial charge on any atom is -0.384 e. The van der Waals surface area contributed by atoms with Gasteiger partial charge in [0.2, 0.25) is 0 Å². The molecule has 0 bridgehead atoms. The first kappa shape index (κ1) is 14.0. The Bertz CT molecular complexity index is 413. The highest BCUT2D eigenvalue weighted by molar-refractivity contribution is 5.91. The highest BCUT2D eigenvalue weighted by atomic mass is 16.5. The van der Waals surface area contributed by atoms with E-state index in [0.29, 0.717) is 18.2 Å². The normalized spacial score (nSPS) is 17.6. The van der Waals surface area contributed by atoms with Crippen molar-refractivity contribution in [2.24, 2.45) is 11.8 Å². The number of amides is 1. The van der Waals surface area contributed by atoms with Crippen LogP contribution in [0.15, 0.2) is 10.6 Å². The van der Waals surface area contributed by atoms with E-state index >= 15 is 0 Å². The minimum atomic E-state index is -0.436. The van der Waals surface area contributed by atoms with Gasteiger partial charge in [-0.25, -0.2) is 5.84 Å². The van der Waals surface area contributed by atoms with Crippen molar-refractivity contribution >= 4 is 5.91 Å². The predicted octanol–water partition coefficient (Wildman–Crippen LogP) is 0.137. The van der Waals surface area contributed by atoms with E-state index in [1.165, 1.54) is 0 Å². The number of methoxy groups -OCH3 is 1. The maximum Gasteiger partial charge on any atom is 0.287 e. The first-order valence-electron chi connectivity index (χ1n) is 6.40. The molecule has 0 aromatic carbocycles. The fourth-order valence-electron chi connectivity index (χ4n) is 2.34. The number of piperidine rings is 1. The number of ether oxygens (including phenoxy) is 1. The molecule has 0 radical (unpaired) electrons. The summed E-state index contributed by atoms with van der Waals surface area (Å²) in [6.45, 7) is 3.52. The van der Waals surface area contributed by atoms with Crippen molar-refractivity contribution in [2.75, 3.05) is 26.8 Å². The van der Waals surface area contributed by atoms with Gasteiger partial charge < -0.3 is 9.26 Å². The lowest BCUT2D eigenvalue weighted by Crippen LogP contribution is -2.34. The summed E-state index contributed by atoms with van der Waals surface area (Å²) < 4.78 is 10.3. The zero-order chi connectivity index (χ0) is 13.7. The number of likely N-dealkylation sites (tertiary alicyclic amines) is 1. The van der Waals surface area contributed by atoms with Crippen LogP contribution in [0.4, 0.5) is 0 Å². The molecule has 0 spiro atoms. The second kappa shape index (κ2) is 6.65. The second-order valence-electron chi connectivity index (χ2n) is 4.83. The van der Waals surface area contributed by atoms with Gasteiger partial charge in [0.25, 0.3) is 5.91 Å². The molecule has 0 atom stereocenters. The van der Waals surface area contributed by atoms with Crippen molar-refractivity contribution < 1.29 is 14.1 Å². The summed E-state index contributed by atoms with van der Waals surface area (Å²) in [7, 11) is 1.74. The highest BCUT2D eigenvalue weighted by Gasteiger charge is 2.20. The Morgan fingerprint density at radius 1 is 1.63 bits per heavy atom. The quantitative estimate of drug-likeness (QED) is 0.448. The number of rotatable bonds is 5. The predicted molar refractivity (Wildman–Crippen MR) is 68.0 cm³/mol. The van der Waals surface area contributed by atoms with E-state index in [4.69, 9.17) is 15.1 Å². The first-order valence-corrected chi connectivity index (χ1v) is 6.40. The number of nitrogens with two attached hydrogens (primary N) is 1. The third kappa shape index (κ3) is 3.76. The van der Waals surface area contributed by atoms with Crippen LogP contribution in [-0.4, -0.2) is 42.8 Å². The van der Waals surface area contributed by atoms with Gasteiger partial charge in [-0.05, 0) is 31.8 Å². The van der Waals surface area contributed by atoms with Crippen LogP contribution in [0.5, 0.6) is 0 Å². The number of hydrogen-bond acceptors (Lipinski definition) is 6. The number of carbonyl (C=O) groups excluding carboxylic acids is 1. The van der Waals surface area contributed by atoms with Gasteiger partial charge in [-0.3, -0.25) is 15.1 Å². The van der Waals surface area contributed by atoms with Gasteiger partial charge in [-0.15, -0.1) is 0 Å². The monoisotopic (exact) mass is 268 g/mol. The number of aromatic nitrogens is 1. The van der Waals surface area contributed by atoms with Crippen LogP contribution in [0.2, 0.25) is 0 Å². The Hall–Kier alpha value is -1.44. The molecule has 0 aliphatic carbocycles. The molecule has 1 aliphatic rings.